The summed E-state index contributed by atoms with van der Waals surface area (Å²) in [5, 5.41) is 0. The number of nitrogens with zero attached hydrogens (tertiary/aromatic N) is 4. The van der Waals surface area contributed by atoms with Crippen LogP contribution in [-0.2, 0) is 0 Å². The van der Waals surface area contributed by atoms with Crippen LogP contribution < -0.4 is 4.90 Å². The second-order valence-corrected chi connectivity index (χ2v) is 4.30. The van der Waals surface area contributed by atoms with Gasteiger partial charge in [0, 0.05) is 18.4 Å². The van der Waals surface area contributed by atoms with Crippen LogP contribution in [0.5, 0.6) is 0 Å². The Morgan fingerprint density at radius 2 is 2.00 bits per heavy atom. The molecule has 0 aliphatic heterocycles. The Morgan fingerprint density at radius 3 is 2.80 bits per heavy atom. The maximum absolute atomic E-state index is 13.4. The van der Waals surface area contributed by atoms with E-state index in [-0.39, 0.29) is 5.82 Å². The van der Waals surface area contributed by atoms with Crippen LogP contribution in [0.2, 0.25) is 0 Å². The first-order valence-electron chi connectivity index (χ1n) is 6.39. The van der Waals surface area contributed by atoms with E-state index in [0.717, 1.165) is 16.7 Å². The second-order valence-electron chi connectivity index (χ2n) is 4.30. The lowest BCUT2D eigenvalue weighted by molar-refractivity contribution is 0.627. The molecule has 2 aromatic heterocycles. The van der Waals surface area contributed by atoms with E-state index in [4.69, 9.17) is 0 Å². The molecule has 20 heavy (non-hydrogen) atoms. The summed E-state index contributed by atoms with van der Waals surface area (Å²) in [4.78, 5) is 14.8. The van der Waals surface area contributed by atoms with Crippen LogP contribution in [-0.4, -0.2) is 21.5 Å². The van der Waals surface area contributed by atoms with Crippen molar-refractivity contribution in [3.8, 4) is 0 Å². The van der Waals surface area contributed by atoms with Gasteiger partial charge in [-0.05, 0) is 37.3 Å². The fourth-order valence-corrected chi connectivity index (χ4v) is 2.07. The Bertz CT molecular complexity index is 745. The molecule has 0 fully saturated rings. The number of hydrogen-bond donors (Lipinski definition) is 0. The average molecular weight is 268 g/mol. The van der Waals surface area contributed by atoms with Crippen molar-refractivity contribution >= 4 is 22.7 Å². The number of benzene rings is 1. The summed E-state index contributed by atoms with van der Waals surface area (Å²) >= 11 is 0. The van der Waals surface area contributed by atoms with Gasteiger partial charge in [-0.3, -0.25) is 4.98 Å². The molecule has 0 saturated heterocycles. The van der Waals surface area contributed by atoms with E-state index >= 15 is 0 Å². The molecule has 0 unspecified atom stereocenters. The first kappa shape index (κ1) is 12.5. The fourth-order valence-electron chi connectivity index (χ4n) is 2.07. The summed E-state index contributed by atoms with van der Waals surface area (Å²) in [6, 6.07) is 10.1. The van der Waals surface area contributed by atoms with Crippen LogP contribution in [0.3, 0.4) is 0 Å². The Labute approximate surface area is 115 Å². The summed E-state index contributed by atoms with van der Waals surface area (Å²) in [5.74, 6) is 0.266. The van der Waals surface area contributed by atoms with Crippen LogP contribution in [0, 0.1) is 5.82 Å². The van der Waals surface area contributed by atoms with Crippen molar-refractivity contribution in [3.63, 3.8) is 0 Å². The molecule has 5 heteroatoms. The van der Waals surface area contributed by atoms with Gasteiger partial charge in [0.15, 0.2) is 0 Å². The van der Waals surface area contributed by atoms with Crippen molar-refractivity contribution in [3.05, 3.63) is 54.6 Å². The molecule has 0 saturated carbocycles. The summed E-state index contributed by atoms with van der Waals surface area (Å²) in [5.41, 5.74) is 2.25. The number of halogens is 1. The number of rotatable bonds is 3. The number of hydrogen-bond acceptors (Lipinski definition) is 4. The molecular formula is C15H13FN4. The molecule has 0 radical (unpaired) electrons. The highest BCUT2D eigenvalue weighted by Crippen LogP contribution is 2.23. The number of aromatic nitrogens is 3. The molecule has 0 amide bonds. The third-order valence-corrected chi connectivity index (χ3v) is 3.02. The van der Waals surface area contributed by atoms with E-state index in [2.05, 4.69) is 15.0 Å². The quantitative estimate of drug-likeness (QED) is 0.730. The molecule has 2 heterocycles. The molecular weight excluding hydrogens is 255 g/mol. The van der Waals surface area contributed by atoms with Crippen molar-refractivity contribution < 1.29 is 4.39 Å². The van der Waals surface area contributed by atoms with Gasteiger partial charge < -0.3 is 4.90 Å². The van der Waals surface area contributed by atoms with Gasteiger partial charge in [0.2, 0.25) is 5.95 Å². The van der Waals surface area contributed by atoms with Crippen LogP contribution in [0.25, 0.3) is 11.0 Å². The lowest BCUT2D eigenvalue weighted by atomic mass is 10.3. The Kier molecular flexibility index (Phi) is 3.25. The predicted molar refractivity (Wildman–Crippen MR) is 76.4 cm³/mol. The van der Waals surface area contributed by atoms with Crippen molar-refractivity contribution in [1.82, 2.24) is 15.0 Å². The molecule has 0 aliphatic carbocycles. The van der Waals surface area contributed by atoms with Gasteiger partial charge in [0.1, 0.15) is 11.3 Å². The van der Waals surface area contributed by atoms with Crippen LogP contribution in [0.1, 0.15) is 6.92 Å². The zero-order chi connectivity index (χ0) is 13.9. The molecule has 0 atom stereocenters. The summed E-state index contributed by atoms with van der Waals surface area (Å²) in [6.07, 6.45) is 3.38. The molecule has 1 aromatic carbocycles. The molecule has 0 aliphatic rings. The minimum Gasteiger partial charge on any atom is -0.311 e. The third-order valence-electron chi connectivity index (χ3n) is 3.02. The highest BCUT2D eigenvalue weighted by atomic mass is 19.1. The van der Waals surface area contributed by atoms with Crippen molar-refractivity contribution in [2.75, 3.05) is 11.4 Å². The molecule has 0 N–H and O–H groups in total. The van der Waals surface area contributed by atoms with Crippen molar-refractivity contribution in [2.45, 2.75) is 6.92 Å². The van der Waals surface area contributed by atoms with Gasteiger partial charge in [0.25, 0.3) is 0 Å². The van der Waals surface area contributed by atoms with Crippen LogP contribution in [0.15, 0.2) is 48.8 Å². The van der Waals surface area contributed by atoms with E-state index < -0.39 is 0 Å². The molecule has 100 valence electrons. The van der Waals surface area contributed by atoms with Gasteiger partial charge in [-0.25, -0.2) is 14.4 Å². The zero-order valence-electron chi connectivity index (χ0n) is 11.0. The second kappa shape index (κ2) is 5.21. The SMILES string of the molecule is CCN(c1cccc(F)c1)c1ncc2ncccc2n1. The number of anilines is 2. The third kappa shape index (κ3) is 2.30. The number of fused-ring (bicyclic) bond motifs is 1. The molecule has 3 aromatic rings. The molecule has 4 nitrogen and oxygen atoms in total. The van der Waals surface area contributed by atoms with Crippen LogP contribution in [0.4, 0.5) is 16.0 Å². The standard InChI is InChI=1S/C15H13FN4/c1-2-20(12-6-3-5-11(16)9-12)15-18-10-14-13(19-15)7-4-8-17-14/h3-10H,2H2,1H3. The predicted octanol–water partition coefficient (Wildman–Crippen LogP) is 3.32. The monoisotopic (exact) mass is 268 g/mol. The van der Waals surface area contributed by atoms with E-state index in [1.165, 1.54) is 12.1 Å². The fraction of sp³-hybridized carbons (Fsp3) is 0.133. The molecule has 0 spiro atoms. The normalized spacial score (nSPS) is 10.7. The van der Waals surface area contributed by atoms with Crippen molar-refractivity contribution in [2.24, 2.45) is 0 Å². The van der Waals surface area contributed by atoms with Crippen LogP contribution >= 0.6 is 0 Å². The van der Waals surface area contributed by atoms with Gasteiger partial charge >= 0.3 is 0 Å². The maximum atomic E-state index is 13.4. The summed E-state index contributed by atoms with van der Waals surface area (Å²) < 4.78 is 13.4. The van der Waals surface area contributed by atoms with E-state index in [1.807, 2.05) is 30.0 Å². The van der Waals surface area contributed by atoms with Gasteiger partial charge in [-0.15, -0.1) is 0 Å². The van der Waals surface area contributed by atoms with E-state index in [9.17, 15) is 4.39 Å². The zero-order valence-corrected chi connectivity index (χ0v) is 11.0. The smallest absolute Gasteiger partial charge is 0.230 e. The molecule has 3 rings (SSSR count). The van der Waals surface area contributed by atoms with E-state index in [1.54, 1.807) is 18.5 Å². The maximum Gasteiger partial charge on any atom is 0.230 e. The summed E-state index contributed by atoms with van der Waals surface area (Å²) in [7, 11) is 0. The highest BCUT2D eigenvalue weighted by Gasteiger charge is 2.11. The first-order chi connectivity index (χ1) is 9.78. The lowest BCUT2D eigenvalue weighted by Crippen LogP contribution is -2.18. The van der Waals surface area contributed by atoms with E-state index in [0.29, 0.717) is 12.5 Å². The molecule has 0 bridgehead atoms. The van der Waals surface area contributed by atoms with Gasteiger partial charge in [-0.1, -0.05) is 6.07 Å². The summed E-state index contributed by atoms with van der Waals surface area (Å²) in [6.45, 7) is 2.62. The average Bonchev–Trinajstić information content (AvgIpc) is 2.48. The Hall–Kier alpha value is -2.56. The number of pyridine rings is 1. The van der Waals surface area contributed by atoms with Gasteiger partial charge in [-0.2, -0.15) is 0 Å². The lowest BCUT2D eigenvalue weighted by Gasteiger charge is -2.20. The first-order valence-corrected chi connectivity index (χ1v) is 6.39. The highest BCUT2D eigenvalue weighted by molar-refractivity contribution is 5.74. The topological polar surface area (TPSA) is 41.9 Å². The van der Waals surface area contributed by atoms with Gasteiger partial charge in [0.05, 0.1) is 11.7 Å². The largest absolute Gasteiger partial charge is 0.311 e. The van der Waals surface area contributed by atoms with Crippen molar-refractivity contribution in [1.29, 1.82) is 0 Å². The minimum absolute atomic E-state index is 0.275. The minimum atomic E-state index is -0.275. The Balaban J connectivity index is 2.07. The Morgan fingerprint density at radius 1 is 1.10 bits per heavy atom.